The van der Waals surface area contributed by atoms with Gasteiger partial charge in [-0.05, 0) is 24.5 Å². The van der Waals surface area contributed by atoms with Crippen molar-refractivity contribution < 1.29 is 22.4 Å². The molecule has 1 aromatic carbocycles. The Morgan fingerprint density at radius 2 is 1.87 bits per heavy atom. The van der Waals surface area contributed by atoms with E-state index in [1.807, 2.05) is 32.0 Å². The van der Waals surface area contributed by atoms with E-state index < -0.39 is 28.4 Å². The maximum absolute atomic E-state index is 11.5. The fourth-order valence-electron chi connectivity index (χ4n) is 2.70. The molecule has 0 aromatic heterocycles. The highest BCUT2D eigenvalue weighted by molar-refractivity contribution is 7.83. The van der Waals surface area contributed by atoms with Crippen molar-refractivity contribution in [1.82, 2.24) is 4.31 Å². The van der Waals surface area contributed by atoms with Crippen LogP contribution < -0.4 is 0 Å². The first-order valence-electron chi connectivity index (χ1n) is 7.52. The molecule has 2 unspecified atom stereocenters. The first kappa shape index (κ1) is 18.6. The maximum atomic E-state index is 11.5. The van der Waals surface area contributed by atoms with Crippen molar-refractivity contribution in [3.8, 4) is 0 Å². The third-order valence-corrected chi connectivity index (χ3v) is 5.50. The van der Waals surface area contributed by atoms with Gasteiger partial charge in [-0.15, -0.1) is 0 Å². The van der Waals surface area contributed by atoms with E-state index in [0.29, 0.717) is 24.3 Å². The summed E-state index contributed by atoms with van der Waals surface area (Å²) in [4.78, 5) is 0. The molecule has 2 rings (SSSR count). The lowest BCUT2D eigenvalue weighted by Gasteiger charge is -2.26. The molecule has 1 fully saturated rings. The average molecular weight is 364 g/mol. The van der Waals surface area contributed by atoms with Gasteiger partial charge in [0.1, 0.15) is 6.10 Å². The zero-order valence-electron chi connectivity index (χ0n) is 13.4. The number of nitrogens with zero attached hydrogens (tertiary/aromatic N) is 1. The Balaban J connectivity index is 2.31. The minimum absolute atomic E-state index is 0.381. The SMILES string of the molecule is CCC1(CC)OC(Cc2ccccc2Cl)C(N(C)S(=O)(=O)O)O1. The normalized spacial score (nSPS) is 24.3. The summed E-state index contributed by atoms with van der Waals surface area (Å²) in [5.74, 6) is -0.866. The van der Waals surface area contributed by atoms with Crippen LogP contribution in [0.5, 0.6) is 0 Å². The molecule has 2 atom stereocenters. The topological polar surface area (TPSA) is 76.1 Å². The molecule has 0 aliphatic carbocycles. The average Bonchev–Trinajstić information content (AvgIpc) is 2.87. The van der Waals surface area contributed by atoms with Gasteiger partial charge in [0.05, 0.1) is 0 Å². The molecule has 23 heavy (non-hydrogen) atoms. The number of halogens is 1. The number of likely N-dealkylation sites (N-methyl/N-ethyl adjacent to an activating group) is 1. The molecular weight excluding hydrogens is 342 g/mol. The zero-order chi connectivity index (χ0) is 17.3. The smallest absolute Gasteiger partial charge is 0.337 e. The minimum Gasteiger partial charge on any atom is -0.342 e. The van der Waals surface area contributed by atoms with Crippen LogP contribution in [0.3, 0.4) is 0 Å². The predicted molar refractivity (Wildman–Crippen MR) is 87.5 cm³/mol. The molecule has 1 saturated heterocycles. The number of hydrogen-bond acceptors (Lipinski definition) is 4. The lowest BCUT2D eigenvalue weighted by molar-refractivity contribution is -0.185. The van der Waals surface area contributed by atoms with E-state index in [0.717, 1.165) is 9.87 Å². The minimum atomic E-state index is -4.39. The summed E-state index contributed by atoms with van der Waals surface area (Å²) in [6.45, 7) is 3.82. The lowest BCUT2D eigenvalue weighted by atomic mass is 10.1. The predicted octanol–water partition coefficient (Wildman–Crippen LogP) is 2.87. The molecule has 1 aliphatic heterocycles. The number of benzene rings is 1. The van der Waals surface area contributed by atoms with Gasteiger partial charge in [-0.1, -0.05) is 43.6 Å². The van der Waals surface area contributed by atoms with E-state index >= 15 is 0 Å². The highest BCUT2D eigenvalue weighted by atomic mass is 35.5. The molecule has 0 radical (unpaired) electrons. The van der Waals surface area contributed by atoms with Gasteiger partial charge in [0.25, 0.3) is 0 Å². The summed E-state index contributed by atoms with van der Waals surface area (Å²) in [5, 5.41) is 0.579. The highest BCUT2D eigenvalue weighted by Gasteiger charge is 2.49. The van der Waals surface area contributed by atoms with Crippen LogP contribution in [0, 0.1) is 0 Å². The Morgan fingerprint density at radius 3 is 2.39 bits per heavy atom. The van der Waals surface area contributed by atoms with Crippen LogP contribution in [0.15, 0.2) is 24.3 Å². The maximum Gasteiger partial charge on any atom is 0.337 e. The second-order valence-electron chi connectivity index (χ2n) is 5.57. The van der Waals surface area contributed by atoms with Crippen LogP contribution >= 0.6 is 11.6 Å². The molecule has 0 spiro atoms. The van der Waals surface area contributed by atoms with E-state index in [2.05, 4.69) is 0 Å². The van der Waals surface area contributed by atoms with Crippen LogP contribution in [0.4, 0.5) is 0 Å². The van der Waals surface area contributed by atoms with Gasteiger partial charge >= 0.3 is 10.3 Å². The van der Waals surface area contributed by atoms with Crippen molar-refractivity contribution in [2.75, 3.05) is 7.05 Å². The summed E-state index contributed by atoms with van der Waals surface area (Å²) < 4.78 is 45.0. The fourth-order valence-corrected chi connectivity index (χ4v) is 3.36. The lowest BCUT2D eigenvalue weighted by Crippen LogP contribution is -2.44. The van der Waals surface area contributed by atoms with Gasteiger partial charge in [0.2, 0.25) is 0 Å². The van der Waals surface area contributed by atoms with Crippen LogP contribution in [0.2, 0.25) is 5.02 Å². The Morgan fingerprint density at radius 1 is 1.26 bits per heavy atom. The quantitative estimate of drug-likeness (QED) is 0.786. The van der Waals surface area contributed by atoms with E-state index in [1.54, 1.807) is 6.07 Å². The second kappa shape index (κ2) is 7.04. The Bertz CT molecular complexity index is 647. The molecule has 1 aliphatic rings. The molecule has 0 amide bonds. The number of hydrogen-bond donors (Lipinski definition) is 1. The summed E-state index contributed by atoms with van der Waals surface area (Å²) in [7, 11) is -3.12. The Hall–Kier alpha value is -0.700. The van der Waals surface area contributed by atoms with E-state index in [4.69, 9.17) is 21.1 Å². The zero-order valence-corrected chi connectivity index (χ0v) is 15.0. The Kier molecular flexibility index (Phi) is 5.71. The van der Waals surface area contributed by atoms with E-state index in [9.17, 15) is 13.0 Å². The summed E-state index contributed by atoms with van der Waals surface area (Å²) in [6, 6.07) is 7.29. The van der Waals surface area contributed by atoms with E-state index in [-0.39, 0.29) is 0 Å². The summed E-state index contributed by atoms with van der Waals surface area (Å²) in [6.07, 6.45) is 0.0331. The largest absolute Gasteiger partial charge is 0.342 e. The van der Waals surface area contributed by atoms with E-state index in [1.165, 1.54) is 7.05 Å². The van der Waals surface area contributed by atoms with Gasteiger partial charge in [0, 0.05) is 18.5 Å². The molecule has 0 bridgehead atoms. The number of rotatable bonds is 6. The van der Waals surface area contributed by atoms with Gasteiger partial charge in [-0.25, -0.2) is 0 Å². The molecule has 1 N–H and O–H groups in total. The van der Waals surface area contributed by atoms with Crippen molar-refractivity contribution in [3.63, 3.8) is 0 Å². The van der Waals surface area contributed by atoms with Gasteiger partial charge in [-0.3, -0.25) is 4.55 Å². The second-order valence-corrected chi connectivity index (χ2v) is 7.45. The molecule has 1 aromatic rings. The molecular formula is C15H22ClNO5S. The first-order valence-corrected chi connectivity index (χ1v) is 9.29. The standard InChI is InChI=1S/C15H22ClNO5S/c1-4-15(5-2)21-13(10-11-8-6-7-9-12(11)16)14(22-15)17(3)23(18,19)20/h6-9,13-14H,4-5,10H2,1-3H3,(H,18,19,20). The third-order valence-electron chi connectivity index (χ3n) is 4.20. The van der Waals surface area contributed by atoms with Crippen molar-refractivity contribution >= 4 is 21.9 Å². The Labute approximate surface area is 142 Å². The third kappa shape index (κ3) is 4.04. The van der Waals surface area contributed by atoms with Gasteiger partial charge in [0.15, 0.2) is 12.0 Å². The molecule has 130 valence electrons. The molecule has 8 heteroatoms. The van der Waals surface area contributed by atoms with Crippen molar-refractivity contribution in [3.05, 3.63) is 34.9 Å². The van der Waals surface area contributed by atoms with Crippen LogP contribution in [0.25, 0.3) is 0 Å². The highest BCUT2D eigenvalue weighted by Crippen LogP contribution is 2.38. The molecule has 6 nitrogen and oxygen atoms in total. The summed E-state index contributed by atoms with van der Waals surface area (Å²) in [5.41, 5.74) is 0.833. The molecule has 0 saturated carbocycles. The van der Waals surface area contributed by atoms with Gasteiger partial charge in [-0.2, -0.15) is 12.7 Å². The fraction of sp³-hybridized carbons (Fsp3) is 0.600. The first-order chi connectivity index (χ1) is 10.7. The van der Waals surface area contributed by atoms with Crippen LogP contribution in [0.1, 0.15) is 32.3 Å². The van der Waals surface area contributed by atoms with Gasteiger partial charge < -0.3 is 9.47 Å². The van der Waals surface area contributed by atoms with Crippen LogP contribution in [-0.2, 0) is 26.2 Å². The summed E-state index contributed by atoms with van der Waals surface area (Å²) >= 11 is 6.18. The van der Waals surface area contributed by atoms with Crippen molar-refractivity contribution in [2.45, 2.75) is 51.2 Å². The number of ether oxygens (including phenoxy) is 2. The van der Waals surface area contributed by atoms with Crippen molar-refractivity contribution in [1.29, 1.82) is 0 Å². The van der Waals surface area contributed by atoms with Crippen molar-refractivity contribution in [2.24, 2.45) is 0 Å². The van der Waals surface area contributed by atoms with Crippen LogP contribution in [-0.4, -0.2) is 42.4 Å². The molecule has 1 heterocycles. The monoisotopic (exact) mass is 363 g/mol.